The number of hydrogen-bond acceptors (Lipinski definition) is 3. The minimum absolute atomic E-state index is 0.0109. The summed E-state index contributed by atoms with van der Waals surface area (Å²) in [6.45, 7) is 6.26. The molecule has 1 unspecified atom stereocenters. The average Bonchev–Trinajstić information content (AvgIpc) is 2.85. The van der Waals surface area contributed by atoms with E-state index < -0.39 is 5.97 Å². The predicted octanol–water partition coefficient (Wildman–Crippen LogP) is 2.71. The van der Waals surface area contributed by atoms with Gasteiger partial charge in [0.05, 0.1) is 0 Å². The Balaban J connectivity index is 2.18. The van der Waals surface area contributed by atoms with Crippen molar-refractivity contribution >= 4 is 23.3 Å². The quantitative estimate of drug-likeness (QED) is 0.907. The number of halogens is 1. The molecule has 1 atom stereocenters. The van der Waals surface area contributed by atoms with Crippen LogP contribution in [0.3, 0.4) is 0 Å². The number of likely N-dealkylation sites (tertiary alicyclic amines) is 1. The fourth-order valence-electron chi connectivity index (χ4n) is 2.72. The highest BCUT2D eigenvalue weighted by atomic mass is 35.5. The van der Waals surface area contributed by atoms with Crippen LogP contribution in [-0.2, 0) is 4.79 Å². The lowest BCUT2D eigenvalue weighted by Crippen LogP contribution is -2.42. The number of benzene rings is 1. The van der Waals surface area contributed by atoms with E-state index >= 15 is 0 Å². The molecule has 1 aliphatic rings. The van der Waals surface area contributed by atoms with Crippen molar-refractivity contribution in [3.8, 4) is 0 Å². The number of hydrogen-bond donors (Lipinski definition) is 1. The first-order chi connectivity index (χ1) is 9.47. The van der Waals surface area contributed by atoms with Gasteiger partial charge >= 0.3 is 5.97 Å². The summed E-state index contributed by atoms with van der Waals surface area (Å²) < 4.78 is 0. The van der Waals surface area contributed by atoms with Crippen LogP contribution in [0.5, 0.6) is 0 Å². The molecule has 4 nitrogen and oxygen atoms in total. The second kappa shape index (κ2) is 6.46. The molecule has 0 saturated carbocycles. The van der Waals surface area contributed by atoms with Crippen molar-refractivity contribution in [2.45, 2.75) is 32.4 Å². The number of aliphatic carboxylic acids is 1. The average molecular weight is 297 g/mol. The molecule has 2 rings (SSSR count). The van der Waals surface area contributed by atoms with Crippen LogP contribution in [0.1, 0.15) is 20.3 Å². The van der Waals surface area contributed by atoms with E-state index in [9.17, 15) is 4.79 Å². The Morgan fingerprint density at radius 2 is 2.30 bits per heavy atom. The molecule has 1 aliphatic heterocycles. The Bertz CT molecular complexity index is 479. The van der Waals surface area contributed by atoms with E-state index in [1.165, 1.54) is 0 Å². The lowest BCUT2D eigenvalue weighted by Gasteiger charge is -2.30. The molecule has 5 heteroatoms. The van der Waals surface area contributed by atoms with Crippen LogP contribution >= 0.6 is 11.6 Å². The van der Waals surface area contributed by atoms with Crippen LogP contribution < -0.4 is 4.90 Å². The van der Waals surface area contributed by atoms with Crippen molar-refractivity contribution in [1.82, 2.24) is 4.90 Å². The molecule has 1 N–H and O–H groups in total. The topological polar surface area (TPSA) is 43.8 Å². The zero-order chi connectivity index (χ0) is 14.7. The smallest absolute Gasteiger partial charge is 0.323 e. The Morgan fingerprint density at radius 3 is 2.85 bits per heavy atom. The molecular weight excluding hydrogens is 276 g/mol. The van der Waals surface area contributed by atoms with Gasteiger partial charge in [-0.2, -0.15) is 0 Å². The zero-order valence-corrected chi connectivity index (χ0v) is 12.7. The minimum atomic E-state index is -0.812. The lowest BCUT2D eigenvalue weighted by molar-refractivity contribution is -0.135. The van der Waals surface area contributed by atoms with Crippen molar-refractivity contribution in [3.05, 3.63) is 29.3 Å². The third-order valence-corrected chi connectivity index (χ3v) is 4.05. The number of anilines is 1. The van der Waals surface area contributed by atoms with E-state index in [1.54, 1.807) is 6.07 Å². The Hall–Kier alpha value is -1.26. The molecule has 0 amide bonds. The van der Waals surface area contributed by atoms with Gasteiger partial charge < -0.3 is 10.0 Å². The zero-order valence-electron chi connectivity index (χ0n) is 11.9. The minimum Gasteiger partial charge on any atom is -0.480 e. The summed E-state index contributed by atoms with van der Waals surface area (Å²) in [5.41, 5.74) is 0.885. The monoisotopic (exact) mass is 296 g/mol. The first-order valence-electron chi connectivity index (χ1n) is 6.95. The number of carbonyl (C=O) groups is 1. The molecule has 1 aromatic rings. The highest BCUT2D eigenvalue weighted by Gasteiger charge is 2.30. The van der Waals surface area contributed by atoms with E-state index in [1.807, 2.05) is 23.1 Å². The summed E-state index contributed by atoms with van der Waals surface area (Å²) in [7, 11) is 0. The molecule has 0 bridgehead atoms. The van der Waals surface area contributed by atoms with E-state index in [-0.39, 0.29) is 12.6 Å². The Labute approximate surface area is 124 Å². The van der Waals surface area contributed by atoms with Gasteiger partial charge in [-0.1, -0.05) is 17.7 Å². The van der Waals surface area contributed by atoms with Crippen LogP contribution in [0.15, 0.2) is 24.3 Å². The largest absolute Gasteiger partial charge is 0.480 e. The van der Waals surface area contributed by atoms with Crippen molar-refractivity contribution in [2.24, 2.45) is 0 Å². The summed E-state index contributed by atoms with van der Waals surface area (Å²) in [6.07, 6.45) is 0.984. The summed E-state index contributed by atoms with van der Waals surface area (Å²) in [5.74, 6) is -0.812. The first-order valence-corrected chi connectivity index (χ1v) is 7.33. The Kier molecular flexibility index (Phi) is 4.89. The van der Waals surface area contributed by atoms with Crippen LogP contribution in [0.4, 0.5) is 5.69 Å². The highest BCUT2D eigenvalue weighted by molar-refractivity contribution is 6.30. The third kappa shape index (κ3) is 3.64. The Morgan fingerprint density at radius 1 is 1.55 bits per heavy atom. The second-order valence-corrected chi connectivity index (χ2v) is 5.97. The van der Waals surface area contributed by atoms with Crippen molar-refractivity contribution in [1.29, 1.82) is 0 Å². The van der Waals surface area contributed by atoms with Crippen LogP contribution in [0, 0.1) is 0 Å². The molecule has 1 fully saturated rings. The van der Waals surface area contributed by atoms with Gasteiger partial charge in [-0.05, 0) is 38.5 Å². The van der Waals surface area contributed by atoms with Gasteiger partial charge in [0, 0.05) is 35.9 Å². The van der Waals surface area contributed by atoms with Gasteiger partial charge in [-0.15, -0.1) is 0 Å². The molecular formula is C15H21ClN2O2. The molecule has 20 heavy (non-hydrogen) atoms. The van der Waals surface area contributed by atoms with E-state index in [0.29, 0.717) is 11.1 Å². The van der Waals surface area contributed by atoms with Crippen molar-refractivity contribution < 1.29 is 9.90 Å². The van der Waals surface area contributed by atoms with E-state index in [2.05, 4.69) is 18.7 Å². The first kappa shape index (κ1) is 15.1. The highest BCUT2D eigenvalue weighted by Crippen LogP contribution is 2.26. The summed E-state index contributed by atoms with van der Waals surface area (Å²) in [4.78, 5) is 15.5. The maximum Gasteiger partial charge on any atom is 0.323 e. The van der Waals surface area contributed by atoms with Crippen molar-refractivity contribution in [3.63, 3.8) is 0 Å². The predicted molar refractivity (Wildman–Crippen MR) is 81.5 cm³/mol. The normalized spacial score (nSPS) is 19.5. The van der Waals surface area contributed by atoms with Crippen LogP contribution in [0.25, 0.3) is 0 Å². The van der Waals surface area contributed by atoms with Gasteiger partial charge in [-0.3, -0.25) is 9.69 Å². The second-order valence-electron chi connectivity index (χ2n) is 5.53. The van der Waals surface area contributed by atoms with Crippen LogP contribution in [0.2, 0.25) is 5.02 Å². The summed E-state index contributed by atoms with van der Waals surface area (Å²) in [5, 5.41) is 9.80. The number of carboxylic acid groups (broad SMARTS) is 1. The summed E-state index contributed by atoms with van der Waals surface area (Å²) in [6, 6.07) is 8.15. The van der Waals surface area contributed by atoms with Gasteiger partial charge in [0.1, 0.15) is 6.54 Å². The van der Waals surface area contributed by atoms with Gasteiger partial charge in [0.2, 0.25) is 0 Å². The SMILES string of the molecule is CC(C)N1CCC(N(CC(=O)O)c2cccc(Cl)c2)C1. The maximum atomic E-state index is 11.2. The lowest BCUT2D eigenvalue weighted by atomic mass is 10.2. The maximum absolute atomic E-state index is 11.2. The number of carboxylic acids is 1. The van der Waals surface area contributed by atoms with E-state index in [4.69, 9.17) is 16.7 Å². The van der Waals surface area contributed by atoms with Crippen molar-refractivity contribution in [2.75, 3.05) is 24.5 Å². The molecule has 1 heterocycles. The van der Waals surface area contributed by atoms with Gasteiger partial charge in [0.25, 0.3) is 0 Å². The van der Waals surface area contributed by atoms with Gasteiger partial charge in [-0.25, -0.2) is 0 Å². The number of nitrogens with zero attached hydrogens (tertiary/aromatic N) is 2. The standard InChI is InChI=1S/C15H21ClN2O2/c1-11(2)17-7-6-14(9-17)18(10-15(19)20)13-5-3-4-12(16)8-13/h3-5,8,11,14H,6-7,9-10H2,1-2H3,(H,19,20). The summed E-state index contributed by atoms with van der Waals surface area (Å²) >= 11 is 6.03. The van der Waals surface area contributed by atoms with E-state index in [0.717, 1.165) is 25.2 Å². The molecule has 110 valence electrons. The molecule has 0 radical (unpaired) electrons. The van der Waals surface area contributed by atoms with Crippen LogP contribution in [-0.4, -0.2) is 47.7 Å². The molecule has 1 saturated heterocycles. The fourth-order valence-corrected chi connectivity index (χ4v) is 2.91. The van der Waals surface area contributed by atoms with Gasteiger partial charge in [0.15, 0.2) is 0 Å². The molecule has 0 aromatic heterocycles. The fraction of sp³-hybridized carbons (Fsp3) is 0.533. The molecule has 0 spiro atoms. The number of rotatable bonds is 5. The third-order valence-electron chi connectivity index (χ3n) is 3.81. The molecule has 0 aliphatic carbocycles. The molecule has 1 aromatic carbocycles.